The summed E-state index contributed by atoms with van der Waals surface area (Å²) in [7, 11) is 0. The van der Waals surface area contributed by atoms with Crippen LogP contribution in [0.1, 0.15) is 309 Å². The smallest absolute Gasteiger partial charge is 0.220 e. The Hall–Kier alpha value is -1.13. The van der Waals surface area contributed by atoms with Crippen LogP contribution in [-0.4, -0.2) is 34.9 Å². The first kappa shape index (κ1) is 58.9. The Morgan fingerprint density at radius 2 is 0.650 bits per heavy atom. The fraction of sp³-hybridized carbons (Fsp3) is 0.911. The lowest BCUT2D eigenvalue weighted by atomic mass is 10.0. The lowest BCUT2D eigenvalue weighted by Crippen LogP contribution is -2.45. The van der Waals surface area contributed by atoms with E-state index in [0.29, 0.717) is 6.42 Å². The first-order valence-electron chi connectivity index (χ1n) is 27.6. The Bertz CT molecular complexity index is 871. The van der Waals surface area contributed by atoms with Crippen molar-refractivity contribution >= 4 is 5.91 Å². The number of unbranched alkanes of at least 4 members (excludes halogenated alkanes) is 42. The van der Waals surface area contributed by atoms with E-state index in [1.165, 1.54) is 257 Å². The van der Waals surface area contributed by atoms with E-state index in [-0.39, 0.29) is 12.5 Å². The zero-order valence-electron chi connectivity index (χ0n) is 41.0. The van der Waals surface area contributed by atoms with Gasteiger partial charge in [0.05, 0.1) is 18.8 Å². The number of nitrogens with one attached hydrogen (secondary N) is 1. The quantitative estimate of drug-likeness (QED) is 0.0422. The first-order chi connectivity index (χ1) is 29.7. The van der Waals surface area contributed by atoms with Crippen LogP contribution >= 0.6 is 0 Å². The predicted molar refractivity (Wildman–Crippen MR) is 267 cm³/mol. The molecule has 0 aliphatic carbocycles. The first-order valence-corrected chi connectivity index (χ1v) is 27.6. The molecule has 356 valence electrons. The van der Waals surface area contributed by atoms with Crippen molar-refractivity contribution in [2.45, 2.75) is 321 Å². The molecular weight excluding hydrogens is 735 g/mol. The van der Waals surface area contributed by atoms with Gasteiger partial charge in [0, 0.05) is 6.42 Å². The summed E-state index contributed by atoms with van der Waals surface area (Å²) >= 11 is 0. The third-order valence-electron chi connectivity index (χ3n) is 12.9. The lowest BCUT2D eigenvalue weighted by molar-refractivity contribution is -0.123. The fourth-order valence-electron chi connectivity index (χ4n) is 8.73. The summed E-state index contributed by atoms with van der Waals surface area (Å²) in [6, 6.07) is -0.635. The molecule has 0 aromatic carbocycles. The summed E-state index contributed by atoms with van der Waals surface area (Å²) < 4.78 is 0. The predicted octanol–water partition coefficient (Wildman–Crippen LogP) is 17.9. The van der Waals surface area contributed by atoms with Crippen molar-refractivity contribution in [3.63, 3.8) is 0 Å². The van der Waals surface area contributed by atoms with Crippen LogP contribution in [0.4, 0.5) is 0 Å². The summed E-state index contributed by atoms with van der Waals surface area (Å²) in [6.45, 7) is 4.33. The van der Waals surface area contributed by atoms with Crippen molar-refractivity contribution in [2.75, 3.05) is 6.61 Å². The molecule has 1 amide bonds. The van der Waals surface area contributed by atoms with Crippen molar-refractivity contribution in [3.8, 4) is 0 Å². The summed E-state index contributed by atoms with van der Waals surface area (Å²) in [4.78, 5) is 12.4. The molecule has 3 N–H and O–H groups in total. The minimum atomic E-state index is -0.859. The molecule has 2 atom stereocenters. The minimum Gasteiger partial charge on any atom is -0.394 e. The topological polar surface area (TPSA) is 69.6 Å². The summed E-state index contributed by atoms with van der Waals surface area (Å²) in [5.74, 6) is -0.0687. The van der Waals surface area contributed by atoms with E-state index in [2.05, 4.69) is 31.3 Å². The third kappa shape index (κ3) is 47.9. The Morgan fingerprint density at radius 1 is 0.383 bits per heavy atom. The highest BCUT2D eigenvalue weighted by Gasteiger charge is 2.18. The highest BCUT2D eigenvalue weighted by molar-refractivity contribution is 5.76. The van der Waals surface area contributed by atoms with Crippen molar-refractivity contribution in [3.05, 3.63) is 24.3 Å². The minimum absolute atomic E-state index is 0.0687. The molecule has 0 aliphatic heterocycles. The number of aliphatic hydroxyl groups is 2. The second-order valence-corrected chi connectivity index (χ2v) is 19.0. The highest BCUT2D eigenvalue weighted by atomic mass is 16.3. The van der Waals surface area contributed by atoms with Crippen LogP contribution in [0.2, 0.25) is 0 Å². The molecule has 0 saturated carbocycles. The summed E-state index contributed by atoms with van der Waals surface area (Å²) in [6.07, 6.45) is 69.2. The van der Waals surface area contributed by atoms with Gasteiger partial charge in [0.15, 0.2) is 0 Å². The van der Waals surface area contributed by atoms with Gasteiger partial charge < -0.3 is 15.5 Å². The number of amides is 1. The molecule has 0 fully saturated rings. The molecule has 0 rings (SSSR count). The van der Waals surface area contributed by atoms with Crippen molar-refractivity contribution in [1.82, 2.24) is 5.32 Å². The summed E-state index contributed by atoms with van der Waals surface area (Å²) in [5.41, 5.74) is 0. The van der Waals surface area contributed by atoms with Crippen LogP contribution in [-0.2, 0) is 4.79 Å². The third-order valence-corrected chi connectivity index (χ3v) is 12.9. The van der Waals surface area contributed by atoms with Gasteiger partial charge in [-0.15, -0.1) is 0 Å². The second-order valence-electron chi connectivity index (χ2n) is 19.0. The maximum atomic E-state index is 12.4. The van der Waals surface area contributed by atoms with Gasteiger partial charge in [0.1, 0.15) is 0 Å². The second kappa shape index (κ2) is 52.2. The number of carbonyl (C=O) groups excluding carboxylic acids is 1. The Morgan fingerprint density at radius 3 is 0.967 bits per heavy atom. The Kier molecular flexibility index (Phi) is 51.2. The standard InChI is InChI=1S/C56H109NO3/c1-3-5-7-9-11-13-15-17-19-21-22-23-24-25-26-27-28-29-30-31-32-33-34-35-36-37-39-41-43-45-47-49-51-55(59)54(53-58)57-56(60)52-50-48-46-44-42-40-38-20-18-16-14-12-10-8-6-4-2/h41,43,49,51,54-55,58-59H,3-40,42,44-48,50,52-53H2,1-2H3,(H,57,60)/b43-41+,51-49+. The van der Waals surface area contributed by atoms with Crippen LogP contribution in [0.15, 0.2) is 24.3 Å². The largest absolute Gasteiger partial charge is 0.394 e. The number of hydrogen-bond donors (Lipinski definition) is 3. The van der Waals surface area contributed by atoms with Crippen LogP contribution in [0.25, 0.3) is 0 Å². The van der Waals surface area contributed by atoms with E-state index in [0.717, 1.165) is 32.1 Å². The van der Waals surface area contributed by atoms with Crippen LogP contribution < -0.4 is 5.32 Å². The SMILES string of the molecule is CCCCCCCCCCCCCCCCCCCCCCCCCCCC/C=C/CC/C=C/C(O)C(CO)NC(=O)CCCCCCCCCCCCCCCCCC. The Balaban J connectivity index is 3.47. The van der Waals surface area contributed by atoms with Gasteiger partial charge in [-0.2, -0.15) is 0 Å². The maximum absolute atomic E-state index is 12.4. The van der Waals surface area contributed by atoms with Gasteiger partial charge in [-0.3, -0.25) is 4.79 Å². The molecule has 4 heteroatoms. The maximum Gasteiger partial charge on any atom is 0.220 e. The zero-order valence-corrected chi connectivity index (χ0v) is 41.0. The normalized spacial score (nSPS) is 12.9. The molecule has 2 unspecified atom stereocenters. The Labute approximate surface area is 377 Å². The molecule has 60 heavy (non-hydrogen) atoms. The lowest BCUT2D eigenvalue weighted by Gasteiger charge is -2.19. The van der Waals surface area contributed by atoms with E-state index in [1.807, 2.05) is 6.08 Å². The highest BCUT2D eigenvalue weighted by Crippen LogP contribution is 2.17. The monoisotopic (exact) mass is 844 g/mol. The van der Waals surface area contributed by atoms with E-state index in [1.54, 1.807) is 6.08 Å². The van der Waals surface area contributed by atoms with E-state index >= 15 is 0 Å². The number of allylic oxidation sites excluding steroid dienone is 3. The number of rotatable bonds is 51. The fourth-order valence-corrected chi connectivity index (χ4v) is 8.73. The molecule has 0 bridgehead atoms. The van der Waals surface area contributed by atoms with E-state index < -0.39 is 12.1 Å². The molecule has 0 aliphatic rings. The van der Waals surface area contributed by atoms with Crippen LogP contribution in [0.5, 0.6) is 0 Å². The van der Waals surface area contributed by atoms with Gasteiger partial charge >= 0.3 is 0 Å². The van der Waals surface area contributed by atoms with Gasteiger partial charge in [0.25, 0.3) is 0 Å². The van der Waals surface area contributed by atoms with E-state index in [9.17, 15) is 15.0 Å². The number of aliphatic hydroxyl groups excluding tert-OH is 2. The average molecular weight is 844 g/mol. The molecular formula is C56H109NO3. The molecule has 0 spiro atoms. The van der Waals surface area contributed by atoms with Crippen molar-refractivity contribution in [1.29, 1.82) is 0 Å². The molecule has 0 aromatic heterocycles. The van der Waals surface area contributed by atoms with Gasteiger partial charge in [-0.25, -0.2) is 0 Å². The van der Waals surface area contributed by atoms with Crippen LogP contribution in [0, 0.1) is 0 Å². The molecule has 0 saturated heterocycles. The van der Waals surface area contributed by atoms with Crippen molar-refractivity contribution < 1.29 is 15.0 Å². The number of carbonyl (C=O) groups is 1. The van der Waals surface area contributed by atoms with Gasteiger partial charge in [-0.1, -0.05) is 295 Å². The molecule has 0 radical (unpaired) electrons. The van der Waals surface area contributed by atoms with Gasteiger partial charge in [0.2, 0.25) is 5.91 Å². The van der Waals surface area contributed by atoms with E-state index in [4.69, 9.17) is 0 Å². The van der Waals surface area contributed by atoms with Crippen LogP contribution in [0.3, 0.4) is 0 Å². The molecule has 4 nitrogen and oxygen atoms in total. The summed E-state index contributed by atoms with van der Waals surface area (Å²) in [5, 5.41) is 23.1. The molecule has 0 aromatic rings. The zero-order chi connectivity index (χ0) is 43.5. The molecule has 0 heterocycles. The van der Waals surface area contributed by atoms with Gasteiger partial charge in [-0.05, 0) is 32.1 Å². The number of hydrogen-bond acceptors (Lipinski definition) is 3. The van der Waals surface area contributed by atoms with Crippen molar-refractivity contribution in [2.24, 2.45) is 0 Å². The average Bonchev–Trinajstić information content (AvgIpc) is 3.25.